The van der Waals surface area contributed by atoms with E-state index in [0.29, 0.717) is 11.1 Å². The lowest BCUT2D eigenvalue weighted by Crippen LogP contribution is -2.29. The van der Waals surface area contributed by atoms with Crippen LogP contribution in [-0.2, 0) is 0 Å². The van der Waals surface area contributed by atoms with Gasteiger partial charge in [-0.1, -0.05) is 58.4 Å². The molecular weight excluding hydrogens is 376 g/mol. The molecule has 122 valence electrons. The Labute approximate surface area is 155 Å². The van der Waals surface area contributed by atoms with Crippen LogP contribution in [0.5, 0.6) is 0 Å². The molecule has 0 aromatic heterocycles. The molecule has 0 aliphatic rings. The van der Waals surface area contributed by atoms with Crippen LogP contribution >= 0.6 is 15.9 Å². The Morgan fingerprint density at radius 3 is 2.08 bits per heavy atom. The molecule has 0 saturated heterocycles. The third kappa shape index (κ3) is 4.14. The largest absolute Gasteiger partial charge is 0.341 e. The summed E-state index contributed by atoms with van der Waals surface area (Å²) < 4.78 is 0.987. The number of nitrogens with one attached hydrogen (secondary N) is 1. The van der Waals surface area contributed by atoms with E-state index < -0.39 is 0 Å². The molecule has 4 heteroatoms. The SMILES string of the molecule is N#Cc1ccc(C(=O)N[C@H](c2ccccc2)c2ccc(Br)cc2)cc1. The topological polar surface area (TPSA) is 52.9 Å². The second-order valence-electron chi connectivity index (χ2n) is 5.56. The van der Waals surface area contributed by atoms with Gasteiger partial charge in [0.1, 0.15) is 0 Å². The van der Waals surface area contributed by atoms with Crippen molar-refractivity contribution >= 4 is 21.8 Å². The maximum absolute atomic E-state index is 12.7. The minimum absolute atomic E-state index is 0.179. The van der Waals surface area contributed by atoms with E-state index in [-0.39, 0.29) is 11.9 Å². The molecule has 0 radical (unpaired) electrons. The fourth-order valence-corrected chi connectivity index (χ4v) is 2.83. The molecule has 0 heterocycles. The van der Waals surface area contributed by atoms with Crippen molar-refractivity contribution in [2.24, 2.45) is 0 Å². The van der Waals surface area contributed by atoms with Crippen LogP contribution in [0, 0.1) is 11.3 Å². The second kappa shape index (κ2) is 7.78. The molecule has 0 unspecified atom stereocenters. The van der Waals surface area contributed by atoms with Crippen LogP contribution < -0.4 is 5.32 Å². The minimum Gasteiger partial charge on any atom is -0.341 e. The van der Waals surface area contributed by atoms with Crippen molar-refractivity contribution in [3.8, 4) is 6.07 Å². The molecule has 0 saturated carbocycles. The molecule has 3 nitrogen and oxygen atoms in total. The molecule has 0 aliphatic carbocycles. The third-order valence-corrected chi connectivity index (χ3v) is 4.42. The van der Waals surface area contributed by atoms with Gasteiger partial charge in [0.25, 0.3) is 5.91 Å². The maximum Gasteiger partial charge on any atom is 0.252 e. The molecule has 1 atom stereocenters. The molecule has 0 aliphatic heterocycles. The highest BCUT2D eigenvalue weighted by Gasteiger charge is 2.17. The average molecular weight is 391 g/mol. The summed E-state index contributed by atoms with van der Waals surface area (Å²) in [7, 11) is 0. The van der Waals surface area contributed by atoms with Gasteiger partial charge in [0.2, 0.25) is 0 Å². The predicted octanol–water partition coefficient (Wildman–Crippen LogP) is 4.84. The minimum atomic E-state index is -0.252. The highest BCUT2D eigenvalue weighted by Crippen LogP contribution is 2.24. The quantitative estimate of drug-likeness (QED) is 0.692. The molecule has 0 spiro atoms. The van der Waals surface area contributed by atoms with Crippen LogP contribution in [0.4, 0.5) is 0 Å². The summed E-state index contributed by atoms with van der Waals surface area (Å²) in [6, 6.07) is 26.1. The molecule has 3 aromatic rings. The summed E-state index contributed by atoms with van der Waals surface area (Å²) in [6.45, 7) is 0. The third-order valence-electron chi connectivity index (χ3n) is 3.89. The van der Waals surface area contributed by atoms with Gasteiger partial charge in [0.15, 0.2) is 0 Å². The number of amides is 1. The molecule has 3 aromatic carbocycles. The first-order valence-electron chi connectivity index (χ1n) is 7.79. The number of halogens is 1. The fourth-order valence-electron chi connectivity index (χ4n) is 2.57. The first-order chi connectivity index (χ1) is 12.2. The molecule has 1 amide bonds. The standard InChI is InChI=1S/C21H15BrN2O/c22-19-12-10-17(11-13-19)20(16-4-2-1-3-5-16)24-21(25)18-8-6-15(14-23)7-9-18/h1-13,20H,(H,24,25)/t20-/m1/s1. The summed E-state index contributed by atoms with van der Waals surface area (Å²) in [5.41, 5.74) is 3.06. The van der Waals surface area contributed by atoms with E-state index in [9.17, 15) is 4.79 Å². The number of hydrogen-bond acceptors (Lipinski definition) is 2. The van der Waals surface area contributed by atoms with Gasteiger partial charge in [-0.2, -0.15) is 5.26 Å². The van der Waals surface area contributed by atoms with Crippen molar-refractivity contribution in [1.82, 2.24) is 5.32 Å². The van der Waals surface area contributed by atoms with E-state index in [1.807, 2.05) is 54.6 Å². The molecule has 3 rings (SSSR count). The first-order valence-corrected chi connectivity index (χ1v) is 8.58. The second-order valence-corrected chi connectivity index (χ2v) is 6.47. The molecule has 1 N–H and O–H groups in total. The number of nitrogens with zero attached hydrogens (tertiary/aromatic N) is 1. The van der Waals surface area contributed by atoms with E-state index in [1.54, 1.807) is 24.3 Å². The Bertz CT molecular complexity index is 897. The van der Waals surface area contributed by atoms with E-state index in [1.165, 1.54) is 0 Å². The van der Waals surface area contributed by atoms with Crippen molar-refractivity contribution in [1.29, 1.82) is 5.26 Å². The van der Waals surface area contributed by atoms with Crippen molar-refractivity contribution in [3.63, 3.8) is 0 Å². The Morgan fingerprint density at radius 1 is 0.880 bits per heavy atom. The fraction of sp³-hybridized carbons (Fsp3) is 0.0476. The Balaban J connectivity index is 1.90. The van der Waals surface area contributed by atoms with E-state index >= 15 is 0 Å². The first kappa shape index (κ1) is 16.9. The van der Waals surface area contributed by atoms with Crippen molar-refractivity contribution in [2.45, 2.75) is 6.04 Å². The summed E-state index contributed by atoms with van der Waals surface area (Å²) >= 11 is 3.44. The zero-order chi connectivity index (χ0) is 17.6. The van der Waals surface area contributed by atoms with E-state index in [2.05, 4.69) is 27.3 Å². The van der Waals surface area contributed by atoms with Gasteiger partial charge >= 0.3 is 0 Å². The molecule has 0 bridgehead atoms. The van der Waals surface area contributed by atoms with Crippen molar-refractivity contribution in [2.75, 3.05) is 0 Å². The van der Waals surface area contributed by atoms with Gasteiger partial charge in [-0.15, -0.1) is 0 Å². The lowest BCUT2D eigenvalue weighted by molar-refractivity contribution is 0.0943. The maximum atomic E-state index is 12.7. The van der Waals surface area contributed by atoms with Gasteiger partial charge in [0, 0.05) is 10.0 Å². The Hall–Kier alpha value is -2.90. The number of rotatable bonds is 4. The highest BCUT2D eigenvalue weighted by atomic mass is 79.9. The Morgan fingerprint density at radius 2 is 1.48 bits per heavy atom. The normalized spacial score (nSPS) is 11.4. The lowest BCUT2D eigenvalue weighted by Gasteiger charge is -2.20. The smallest absolute Gasteiger partial charge is 0.252 e. The van der Waals surface area contributed by atoms with Gasteiger partial charge in [-0.05, 0) is 47.5 Å². The van der Waals surface area contributed by atoms with Gasteiger partial charge in [-0.25, -0.2) is 0 Å². The summed E-state index contributed by atoms with van der Waals surface area (Å²) in [4.78, 5) is 12.7. The summed E-state index contributed by atoms with van der Waals surface area (Å²) in [6.07, 6.45) is 0. The lowest BCUT2D eigenvalue weighted by atomic mass is 9.98. The zero-order valence-electron chi connectivity index (χ0n) is 13.3. The van der Waals surface area contributed by atoms with Gasteiger partial charge in [0.05, 0.1) is 17.7 Å². The monoisotopic (exact) mass is 390 g/mol. The van der Waals surface area contributed by atoms with Crippen LogP contribution in [-0.4, -0.2) is 5.91 Å². The van der Waals surface area contributed by atoms with Crippen LogP contribution in [0.15, 0.2) is 83.3 Å². The molecule has 25 heavy (non-hydrogen) atoms. The van der Waals surface area contributed by atoms with Gasteiger partial charge < -0.3 is 5.32 Å². The summed E-state index contributed by atoms with van der Waals surface area (Å²) in [5, 5.41) is 12.0. The Kier molecular flexibility index (Phi) is 5.27. The highest BCUT2D eigenvalue weighted by molar-refractivity contribution is 9.10. The average Bonchev–Trinajstić information content (AvgIpc) is 2.67. The van der Waals surface area contributed by atoms with Gasteiger partial charge in [-0.3, -0.25) is 4.79 Å². The van der Waals surface area contributed by atoms with Crippen LogP contribution in [0.1, 0.15) is 33.1 Å². The van der Waals surface area contributed by atoms with Crippen LogP contribution in [0.2, 0.25) is 0 Å². The van der Waals surface area contributed by atoms with Crippen LogP contribution in [0.25, 0.3) is 0 Å². The number of benzene rings is 3. The number of carbonyl (C=O) groups excluding carboxylic acids is 1. The van der Waals surface area contributed by atoms with Crippen molar-refractivity contribution in [3.05, 3.63) is 106 Å². The van der Waals surface area contributed by atoms with E-state index in [4.69, 9.17) is 5.26 Å². The van der Waals surface area contributed by atoms with E-state index in [0.717, 1.165) is 15.6 Å². The number of nitriles is 1. The van der Waals surface area contributed by atoms with Crippen molar-refractivity contribution < 1.29 is 4.79 Å². The zero-order valence-corrected chi connectivity index (χ0v) is 14.9. The summed E-state index contributed by atoms with van der Waals surface area (Å²) in [5.74, 6) is -0.179. The number of hydrogen-bond donors (Lipinski definition) is 1. The molecule has 0 fully saturated rings. The number of carbonyl (C=O) groups is 1. The molecular formula is C21H15BrN2O. The predicted molar refractivity (Wildman–Crippen MR) is 101 cm³/mol. The van der Waals surface area contributed by atoms with Crippen LogP contribution in [0.3, 0.4) is 0 Å².